The van der Waals surface area contributed by atoms with Gasteiger partial charge in [-0.15, -0.1) is 11.8 Å². The van der Waals surface area contributed by atoms with Crippen molar-refractivity contribution in [1.29, 1.82) is 0 Å². The SMILES string of the molecule is O=C(O)CCCC(=O)Nc1ccc2c(c1)NC(=O)CS2. The van der Waals surface area contributed by atoms with Gasteiger partial charge in [-0.1, -0.05) is 0 Å². The highest BCUT2D eigenvalue weighted by atomic mass is 32.2. The first-order valence-electron chi connectivity index (χ1n) is 6.13. The molecule has 0 aliphatic carbocycles. The second-order valence-electron chi connectivity index (χ2n) is 4.34. The van der Waals surface area contributed by atoms with Gasteiger partial charge in [0.2, 0.25) is 11.8 Å². The van der Waals surface area contributed by atoms with Gasteiger partial charge in [-0.3, -0.25) is 14.4 Å². The van der Waals surface area contributed by atoms with E-state index in [0.717, 1.165) is 4.90 Å². The lowest BCUT2D eigenvalue weighted by Gasteiger charge is -2.17. The third kappa shape index (κ3) is 3.99. The van der Waals surface area contributed by atoms with Crippen LogP contribution < -0.4 is 10.6 Å². The minimum Gasteiger partial charge on any atom is -0.481 e. The number of anilines is 2. The second-order valence-corrected chi connectivity index (χ2v) is 5.36. The topological polar surface area (TPSA) is 95.5 Å². The van der Waals surface area contributed by atoms with Crippen molar-refractivity contribution in [3.05, 3.63) is 18.2 Å². The summed E-state index contributed by atoms with van der Waals surface area (Å²) in [4.78, 5) is 34.2. The third-order valence-corrected chi connectivity index (χ3v) is 3.76. The lowest BCUT2D eigenvalue weighted by Crippen LogP contribution is -2.19. The Morgan fingerprint density at radius 2 is 2.15 bits per heavy atom. The summed E-state index contributed by atoms with van der Waals surface area (Å²) in [6.07, 6.45) is 0.438. The minimum atomic E-state index is -0.911. The molecule has 7 heteroatoms. The average molecular weight is 294 g/mol. The Kier molecular flexibility index (Phi) is 4.62. The van der Waals surface area contributed by atoms with Crippen molar-refractivity contribution in [2.45, 2.75) is 24.2 Å². The molecule has 0 unspecified atom stereocenters. The Labute approximate surface area is 119 Å². The largest absolute Gasteiger partial charge is 0.481 e. The van der Waals surface area contributed by atoms with Crippen LogP contribution >= 0.6 is 11.8 Å². The number of aliphatic carboxylic acids is 1. The first-order chi connectivity index (χ1) is 9.54. The number of nitrogens with one attached hydrogen (secondary N) is 2. The Morgan fingerprint density at radius 1 is 1.35 bits per heavy atom. The molecule has 1 aromatic carbocycles. The molecule has 20 heavy (non-hydrogen) atoms. The number of carbonyl (C=O) groups is 3. The quantitative estimate of drug-likeness (QED) is 0.771. The van der Waals surface area contributed by atoms with Gasteiger partial charge in [-0.25, -0.2) is 0 Å². The number of hydrogen-bond acceptors (Lipinski definition) is 4. The van der Waals surface area contributed by atoms with Crippen molar-refractivity contribution in [2.75, 3.05) is 16.4 Å². The van der Waals surface area contributed by atoms with E-state index in [9.17, 15) is 14.4 Å². The van der Waals surface area contributed by atoms with Crippen LogP contribution in [-0.4, -0.2) is 28.6 Å². The molecule has 0 aromatic heterocycles. The summed E-state index contributed by atoms with van der Waals surface area (Å²) in [6.45, 7) is 0. The van der Waals surface area contributed by atoms with Gasteiger partial charge in [-0.2, -0.15) is 0 Å². The molecule has 2 amide bonds. The van der Waals surface area contributed by atoms with Gasteiger partial charge in [0.15, 0.2) is 0 Å². The molecule has 1 aliphatic heterocycles. The summed E-state index contributed by atoms with van der Waals surface area (Å²) in [5.41, 5.74) is 1.28. The van der Waals surface area contributed by atoms with Crippen molar-refractivity contribution in [3.8, 4) is 0 Å². The van der Waals surface area contributed by atoms with Crippen molar-refractivity contribution in [3.63, 3.8) is 0 Å². The average Bonchev–Trinajstić information content (AvgIpc) is 2.37. The van der Waals surface area contributed by atoms with Crippen LogP contribution in [0.5, 0.6) is 0 Å². The van der Waals surface area contributed by atoms with E-state index in [4.69, 9.17) is 5.11 Å². The Balaban J connectivity index is 1.93. The van der Waals surface area contributed by atoms with Crippen LogP contribution in [0.2, 0.25) is 0 Å². The molecule has 106 valence electrons. The second kappa shape index (κ2) is 6.42. The maximum absolute atomic E-state index is 11.6. The van der Waals surface area contributed by atoms with Crippen LogP contribution in [0.4, 0.5) is 11.4 Å². The van der Waals surface area contributed by atoms with Crippen LogP contribution in [0.25, 0.3) is 0 Å². The smallest absolute Gasteiger partial charge is 0.303 e. The summed E-state index contributed by atoms with van der Waals surface area (Å²) in [5, 5.41) is 13.9. The fourth-order valence-corrected chi connectivity index (χ4v) is 2.57. The lowest BCUT2D eigenvalue weighted by molar-refractivity contribution is -0.137. The Bertz CT molecular complexity index is 559. The fraction of sp³-hybridized carbons (Fsp3) is 0.308. The predicted octanol–water partition coefficient (Wildman–Crippen LogP) is 1.92. The van der Waals surface area contributed by atoms with Crippen molar-refractivity contribution in [2.24, 2.45) is 0 Å². The van der Waals surface area contributed by atoms with Crippen LogP contribution in [0, 0.1) is 0 Å². The third-order valence-electron chi connectivity index (χ3n) is 2.69. The molecule has 0 spiro atoms. The molecule has 2 rings (SSSR count). The van der Waals surface area contributed by atoms with E-state index in [2.05, 4.69) is 10.6 Å². The molecule has 1 aromatic rings. The summed E-state index contributed by atoms with van der Waals surface area (Å²) in [6, 6.07) is 5.30. The zero-order chi connectivity index (χ0) is 14.5. The van der Waals surface area contributed by atoms with E-state index in [1.54, 1.807) is 12.1 Å². The van der Waals surface area contributed by atoms with Gasteiger partial charge < -0.3 is 15.7 Å². The van der Waals surface area contributed by atoms with Gasteiger partial charge in [0.1, 0.15) is 0 Å². The predicted molar refractivity (Wildman–Crippen MR) is 75.9 cm³/mol. The molecule has 1 heterocycles. The summed E-state index contributed by atoms with van der Waals surface area (Å²) in [5.74, 6) is -0.812. The molecule has 0 saturated heterocycles. The highest BCUT2D eigenvalue weighted by Crippen LogP contribution is 2.33. The van der Waals surface area contributed by atoms with Crippen LogP contribution in [0.1, 0.15) is 19.3 Å². The van der Waals surface area contributed by atoms with Gasteiger partial charge in [-0.05, 0) is 24.6 Å². The summed E-state index contributed by atoms with van der Waals surface area (Å²) in [7, 11) is 0. The van der Waals surface area contributed by atoms with Gasteiger partial charge in [0.25, 0.3) is 0 Å². The van der Waals surface area contributed by atoms with Crippen molar-refractivity contribution >= 4 is 40.9 Å². The van der Waals surface area contributed by atoms with E-state index >= 15 is 0 Å². The first kappa shape index (κ1) is 14.4. The molecule has 6 nitrogen and oxygen atoms in total. The van der Waals surface area contributed by atoms with E-state index in [1.807, 2.05) is 6.07 Å². The molecule has 0 fully saturated rings. The zero-order valence-electron chi connectivity index (χ0n) is 10.6. The fourth-order valence-electron chi connectivity index (χ4n) is 1.78. The van der Waals surface area contributed by atoms with Crippen molar-refractivity contribution in [1.82, 2.24) is 0 Å². The molecule has 0 radical (unpaired) electrons. The number of carbonyl (C=O) groups excluding carboxylic acids is 2. The van der Waals surface area contributed by atoms with Crippen LogP contribution in [0.15, 0.2) is 23.1 Å². The Hall–Kier alpha value is -2.02. The summed E-state index contributed by atoms with van der Waals surface area (Å²) < 4.78 is 0. The number of hydrogen-bond donors (Lipinski definition) is 3. The normalized spacial score (nSPS) is 13.3. The van der Waals surface area contributed by atoms with Gasteiger partial charge in [0.05, 0.1) is 11.4 Å². The zero-order valence-corrected chi connectivity index (χ0v) is 11.5. The van der Waals surface area contributed by atoms with E-state index in [0.29, 0.717) is 23.5 Å². The molecular weight excluding hydrogens is 280 g/mol. The number of fused-ring (bicyclic) bond motifs is 1. The lowest BCUT2D eigenvalue weighted by atomic mass is 10.2. The maximum Gasteiger partial charge on any atom is 0.303 e. The number of benzene rings is 1. The highest BCUT2D eigenvalue weighted by molar-refractivity contribution is 8.00. The maximum atomic E-state index is 11.6. The monoisotopic (exact) mass is 294 g/mol. The first-order valence-corrected chi connectivity index (χ1v) is 7.11. The minimum absolute atomic E-state index is 0.0235. The molecular formula is C13H14N2O4S. The molecule has 0 bridgehead atoms. The standard InChI is InChI=1S/C13H14N2O4S/c16-11(2-1-3-13(18)19)14-8-4-5-10-9(6-8)15-12(17)7-20-10/h4-6H,1-3,7H2,(H,14,16)(H,15,17)(H,18,19). The molecule has 0 atom stereocenters. The molecule has 0 saturated carbocycles. The summed E-state index contributed by atoms with van der Waals surface area (Å²) >= 11 is 1.45. The van der Waals surface area contributed by atoms with Gasteiger partial charge >= 0.3 is 5.97 Å². The van der Waals surface area contributed by atoms with Gasteiger partial charge in [0, 0.05) is 23.4 Å². The highest BCUT2D eigenvalue weighted by Gasteiger charge is 2.15. The number of rotatable bonds is 5. The molecule has 1 aliphatic rings. The van der Waals surface area contributed by atoms with E-state index < -0.39 is 5.97 Å². The van der Waals surface area contributed by atoms with Crippen molar-refractivity contribution < 1.29 is 19.5 Å². The van der Waals surface area contributed by atoms with E-state index in [-0.39, 0.29) is 24.7 Å². The molecule has 3 N–H and O–H groups in total. The van der Waals surface area contributed by atoms with Crippen LogP contribution in [0.3, 0.4) is 0 Å². The van der Waals surface area contributed by atoms with E-state index in [1.165, 1.54) is 11.8 Å². The van der Waals surface area contributed by atoms with Crippen LogP contribution in [-0.2, 0) is 14.4 Å². The number of amides is 2. The number of carboxylic acids is 1. The number of carboxylic acid groups (broad SMARTS) is 1. The Morgan fingerprint density at radius 3 is 2.90 bits per heavy atom. The number of thioether (sulfide) groups is 1.